The molecule has 0 aliphatic rings. The fraction of sp³-hybridized carbons (Fsp3) is 0.333. The van der Waals surface area contributed by atoms with E-state index in [-0.39, 0.29) is 17.5 Å². The molecule has 0 aromatic heterocycles. The monoisotopic (exact) mass is 234 g/mol. The number of hydrogen-bond acceptors (Lipinski definition) is 4. The Morgan fingerprint density at radius 1 is 1.65 bits per heavy atom. The first-order valence-corrected chi connectivity index (χ1v) is 5.22. The maximum atomic E-state index is 10.8. The fourth-order valence-electron chi connectivity index (χ4n) is 1.32. The molecule has 1 aromatic carbocycles. The Morgan fingerprint density at radius 3 is 2.88 bits per heavy atom. The Morgan fingerprint density at radius 2 is 2.35 bits per heavy atom. The normalized spacial score (nSPS) is 11.4. The van der Waals surface area contributed by atoms with Crippen LogP contribution in [0.4, 0.5) is 11.4 Å². The van der Waals surface area contributed by atoms with Gasteiger partial charge < -0.3 is 10.1 Å². The summed E-state index contributed by atoms with van der Waals surface area (Å²) in [5.41, 5.74) is 0.648. The Balaban J connectivity index is 3.01. The van der Waals surface area contributed by atoms with Crippen LogP contribution >= 0.6 is 0 Å². The van der Waals surface area contributed by atoms with Gasteiger partial charge in [-0.2, -0.15) is 0 Å². The summed E-state index contributed by atoms with van der Waals surface area (Å²) in [6.07, 6.45) is 5.24. The van der Waals surface area contributed by atoms with Crippen LogP contribution in [0.3, 0.4) is 0 Å². The smallest absolute Gasteiger partial charge is 0.311 e. The van der Waals surface area contributed by atoms with E-state index in [2.05, 4.69) is 11.2 Å². The third-order valence-corrected chi connectivity index (χ3v) is 2.09. The highest BCUT2D eigenvalue weighted by atomic mass is 16.6. The van der Waals surface area contributed by atoms with Crippen LogP contribution in [0.15, 0.2) is 18.2 Å². The molecule has 1 N–H and O–H groups in total. The van der Waals surface area contributed by atoms with Gasteiger partial charge >= 0.3 is 5.69 Å². The molecule has 0 aliphatic heterocycles. The second kappa shape index (κ2) is 5.75. The summed E-state index contributed by atoms with van der Waals surface area (Å²) in [5.74, 6) is 2.76. The molecule has 0 heterocycles. The molecule has 0 amide bonds. The van der Waals surface area contributed by atoms with E-state index in [1.54, 1.807) is 19.1 Å². The maximum absolute atomic E-state index is 10.8. The van der Waals surface area contributed by atoms with E-state index >= 15 is 0 Å². The van der Waals surface area contributed by atoms with Gasteiger partial charge in [0, 0.05) is 17.8 Å². The third kappa shape index (κ3) is 3.38. The number of benzene rings is 1. The number of hydrogen-bond donors (Lipinski definition) is 1. The van der Waals surface area contributed by atoms with Crippen LogP contribution in [-0.4, -0.2) is 17.6 Å². The van der Waals surface area contributed by atoms with Crippen molar-refractivity contribution in [1.82, 2.24) is 0 Å². The van der Waals surface area contributed by atoms with E-state index in [0.29, 0.717) is 12.3 Å². The average molecular weight is 234 g/mol. The average Bonchev–Trinajstić information content (AvgIpc) is 2.29. The van der Waals surface area contributed by atoms with Crippen molar-refractivity contribution < 1.29 is 9.66 Å². The number of nitro groups is 1. The molecule has 0 fully saturated rings. The summed E-state index contributed by atoms with van der Waals surface area (Å²) in [6.45, 7) is 3.96. The summed E-state index contributed by atoms with van der Waals surface area (Å²) >= 11 is 0. The van der Waals surface area contributed by atoms with Crippen molar-refractivity contribution in [2.45, 2.75) is 19.9 Å². The van der Waals surface area contributed by atoms with Crippen LogP contribution in [-0.2, 0) is 0 Å². The molecule has 0 aliphatic carbocycles. The summed E-state index contributed by atoms with van der Waals surface area (Å²) in [6, 6.07) is 4.44. The predicted molar refractivity (Wildman–Crippen MR) is 66.2 cm³/mol. The van der Waals surface area contributed by atoms with Crippen molar-refractivity contribution >= 4 is 11.4 Å². The van der Waals surface area contributed by atoms with Gasteiger partial charge in [-0.25, -0.2) is 0 Å². The van der Waals surface area contributed by atoms with Gasteiger partial charge in [0.15, 0.2) is 5.75 Å². The Hall–Kier alpha value is -2.22. The number of nitro benzene ring substituents is 1. The first-order valence-electron chi connectivity index (χ1n) is 5.22. The largest absolute Gasteiger partial charge is 0.487 e. The fourth-order valence-corrected chi connectivity index (χ4v) is 1.32. The van der Waals surface area contributed by atoms with E-state index in [4.69, 9.17) is 11.2 Å². The Labute approximate surface area is 99.9 Å². The quantitative estimate of drug-likeness (QED) is 0.482. The minimum absolute atomic E-state index is 0.0502. The minimum atomic E-state index is -0.473. The Bertz CT molecular complexity index is 452. The van der Waals surface area contributed by atoms with Gasteiger partial charge in [0.25, 0.3) is 0 Å². The summed E-state index contributed by atoms with van der Waals surface area (Å²) in [5, 5.41) is 13.8. The predicted octanol–water partition coefficient (Wildman–Crippen LogP) is 2.43. The molecule has 5 heteroatoms. The highest BCUT2D eigenvalue weighted by Gasteiger charge is 2.15. The van der Waals surface area contributed by atoms with E-state index in [1.165, 1.54) is 6.07 Å². The molecule has 0 saturated heterocycles. The van der Waals surface area contributed by atoms with Gasteiger partial charge in [-0.1, -0.05) is 5.92 Å². The first-order chi connectivity index (χ1) is 8.08. The van der Waals surface area contributed by atoms with Gasteiger partial charge in [0.05, 0.1) is 17.6 Å². The molecule has 0 bridgehead atoms. The molecular weight excluding hydrogens is 220 g/mol. The molecule has 0 spiro atoms. The van der Waals surface area contributed by atoms with Gasteiger partial charge in [-0.3, -0.25) is 10.1 Å². The zero-order valence-electron chi connectivity index (χ0n) is 9.77. The highest BCUT2D eigenvalue weighted by Crippen LogP contribution is 2.30. The lowest BCUT2D eigenvalue weighted by atomic mass is 10.2. The molecule has 1 rings (SSSR count). The second-order valence-electron chi connectivity index (χ2n) is 3.41. The van der Waals surface area contributed by atoms with Crippen LogP contribution < -0.4 is 10.1 Å². The van der Waals surface area contributed by atoms with Crippen LogP contribution in [0.25, 0.3) is 0 Å². The summed E-state index contributed by atoms with van der Waals surface area (Å²) in [7, 11) is 0. The number of rotatable bonds is 5. The van der Waals surface area contributed by atoms with Crippen molar-refractivity contribution in [3.63, 3.8) is 0 Å². The molecule has 0 radical (unpaired) electrons. The third-order valence-electron chi connectivity index (χ3n) is 2.09. The lowest BCUT2D eigenvalue weighted by molar-refractivity contribution is -0.385. The lowest BCUT2D eigenvalue weighted by Gasteiger charge is -2.11. The van der Waals surface area contributed by atoms with Gasteiger partial charge in [-0.15, -0.1) is 6.42 Å². The second-order valence-corrected chi connectivity index (χ2v) is 3.41. The van der Waals surface area contributed by atoms with Crippen LogP contribution in [0.5, 0.6) is 5.75 Å². The number of ether oxygens (including phenoxy) is 1. The van der Waals surface area contributed by atoms with E-state index in [9.17, 15) is 10.1 Å². The standard InChI is InChI=1S/C12H14N2O3/c1-4-9(3)13-10-6-7-11(14(15)16)12(8-10)17-5-2/h1,6-9,13H,5H2,2-3H3. The lowest BCUT2D eigenvalue weighted by Crippen LogP contribution is -2.12. The molecule has 90 valence electrons. The summed E-state index contributed by atoms with van der Waals surface area (Å²) < 4.78 is 5.22. The number of nitrogens with one attached hydrogen (secondary N) is 1. The van der Waals surface area contributed by atoms with Gasteiger partial charge in [0.1, 0.15) is 0 Å². The molecular formula is C12H14N2O3. The SMILES string of the molecule is C#CC(C)Nc1ccc([N+](=O)[O-])c(OCC)c1. The van der Waals surface area contributed by atoms with E-state index in [0.717, 1.165) is 0 Å². The number of nitrogens with zero attached hydrogens (tertiary/aromatic N) is 1. The van der Waals surface area contributed by atoms with Gasteiger partial charge in [-0.05, 0) is 19.9 Å². The van der Waals surface area contributed by atoms with E-state index in [1.807, 2.05) is 6.92 Å². The number of anilines is 1. The molecule has 1 unspecified atom stereocenters. The Kier molecular flexibility index (Phi) is 4.35. The van der Waals surface area contributed by atoms with Crippen molar-refractivity contribution in [2.75, 3.05) is 11.9 Å². The van der Waals surface area contributed by atoms with Gasteiger partial charge in [0.2, 0.25) is 0 Å². The van der Waals surface area contributed by atoms with Crippen molar-refractivity contribution in [3.8, 4) is 18.1 Å². The van der Waals surface area contributed by atoms with Crippen LogP contribution in [0.1, 0.15) is 13.8 Å². The minimum Gasteiger partial charge on any atom is -0.487 e. The van der Waals surface area contributed by atoms with E-state index < -0.39 is 4.92 Å². The maximum Gasteiger partial charge on any atom is 0.311 e. The van der Waals surface area contributed by atoms with Crippen LogP contribution in [0, 0.1) is 22.5 Å². The molecule has 17 heavy (non-hydrogen) atoms. The highest BCUT2D eigenvalue weighted by molar-refractivity contribution is 5.58. The van der Waals surface area contributed by atoms with Crippen molar-refractivity contribution in [2.24, 2.45) is 0 Å². The molecule has 5 nitrogen and oxygen atoms in total. The zero-order valence-corrected chi connectivity index (χ0v) is 9.77. The zero-order chi connectivity index (χ0) is 12.8. The molecule has 0 saturated carbocycles. The number of terminal acetylenes is 1. The van der Waals surface area contributed by atoms with Crippen molar-refractivity contribution in [1.29, 1.82) is 0 Å². The molecule has 1 aromatic rings. The topological polar surface area (TPSA) is 64.4 Å². The summed E-state index contributed by atoms with van der Waals surface area (Å²) in [4.78, 5) is 10.3. The van der Waals surface area contributed by atoms with Crippen LogP contribution in [0.2, 0.25) is 0 Å². The molecule has 1 atom stereocenters. The first kappa shape index (κ1) is 12.8. The van der Waals surface area contributed by atoms with Crippen molar-refractivity contribution in [3.05, 3.63) is 28.3 Å².